The van der Waals surface area contributed by atoms with Crippen LogP contribution in [-0.2, 0) is 6.54 Å². The molecule has 5 nitrogen and oxygen atoms in total. The van der Waals surface area contributed by atoms with Crippen molar-refractivity contribution in [2.75, 3.05) is 13.2 Å². The lowest BCUT2D eigenvalue weighted by molar-refractivity contribution is 0.0701. The van der Waals surface area contributed by atoms with Crippen LogP contribution < -0.4 is 4.74 Å². The van der Waals surface area contributed by atoms with Gasteiger partial charge in [0.2, 0.25) is 0 Å². The van der Waals surface area contributed by atoms with Crippen LogP contribution in [0.15, 0.2) is 59.2 Å². The first kappa shape index (κ1) is 16.5. The number of carbonyl (C=O) groups is 1. The van der Waals surface area contributed by atoms with E-state index in [9.17, 15) is 9.90 Å². The van der Waals surface area contributed by atoms with Gasteiger partial charge < -0.3 is 19.2 Å². The number of ether oxygens (including phenoxy) is 1. The Balaban J connectivity index is 1.71. The summed E-state index contributed by atoms with van der Waals surface area (Å²) < 4.78 is 10.9. The second kappa shape index (κ2) is 6.77. The maximum Gasteiger partial charge on any atom is 0.289 e. The van der Waals surface area contributed by atoms with Crippen LogP contribution in [0.3, 0.4) is 0 Å². The summed E-state index contributed by atoms with van der Waals surface area (Å²) in [5.74, 6) is 0.526. The number of amides is 1. The van der Waals surface area contributed by atoms with E-state index in [2.05, 4.69) is 0 Å². The van der Waals surface area contributed by atoms with E-state index in [1.165, 1.54) is 6.26 Å². The van der Waals surface area contributed by atoms with E-state index in [4.69, 9.17) is 20.8 Å². The van der Waals surface area contributed by atoms with Crippen LogP contribution in [0.5, 0.6) is 11.5 Å². The molecule has 1 aliphatic rings. The fourth-order valence-corrected chi connectivity index (χ4v) is 3.25. The Labute approximate surface area is 155 Å². The maximum absolute atomic E-state index is 12.6. The van der Waals surface area contributed by atoms with Crippen LogP contribution in [0.25, 0.3) is 11.1 Å². The summed E-state index contributed by atoms with van der Waals surface area (Å²) in [5, 5.41) is 11.0. The first-order chi connectivity index (χ1) is 12.6. The predicted molar refractivity (Wildman–Crippen MR) is 97.5 cm³/mol. The molecule has 0 saturated carbocycles. The minimum absolute atomic E-state index is 0.0461. The van der Waals surface area contributed by atoms with Gasteiger partial charge in [0.25, 0.3) is 5.91 Å². The number of furan rings is 1. The Bertz CT molecular complexity index is 952. The normalized spacial score (nSPS) is 13.7. The Morgan fingerprint density at radius 1 is 1.12 bits per heavy atom. The van der Waals surface area contributed by atoms with Crippen LogP contribution in [0.1, 0.15) is 16.1 Å². The lowest BCUT2D eigenvalue weighted by Crippen LogP contribution is -2.32. The van der Waals surface area contributed by atoms with Crippen molar-refractivity contribution in [3.63, 3.8) is 0 Å². The number of halogens is 1. The zero-order chi connectivity index (χ0) is 18.1. The molecule has 2 aromatic carbocycles. The molecule has 0 bridgehead atoms. The zero-order valence-electron chi connectivity index (χ0n) is 13.8. The van der Waals surface area contributed by atoms with Gasteiger partial charge >= 0.3 is 0 Å². The van der Waals surface area contributed by atoms with Gasteiger partial charge in [-0.25, -0.2) is 0 Å². The van der Waals surface area contributed by atoms with Crippen molar-refractivity contribution in [2.45, 2.75) is 6.54 Å². The summed E-state index contributed by atoms with van der Waals surface area (Å²) in [6.45, 7) is 1.01. The van der Waals surface area contributed by atoms with Crippen molar-refractivity contribution >= 4 is 17.5 Å². The number of rotatable bonds is 2. The first-order valence-electron chi connectivity index (χ1n) is 8.19. The summed E-state index contributed by atoms with van der Waals surface area (Å²) in [4.78, 5) is 14.2. The van der Waals surface area contributed by atoms with Crippen LogP contribution in [0, 0.1) is 0 Å². The van der Waals surface area contributed by atoms with Crippen molar-refractivity contribution in [3.8, 4) is 22.6 Å². The molecule has 0 spiro atoms. The highest BCUT2D eigenvalue weighted by Gasteiger charge is 2.25. The van der Waals surface area contributed by atoms with Crippen LogP contribution >= 0.6 is 11.6 Å². The van der Waals surface area contributed by atoms with Crippen molar-refractivity contribution < 1.29 is 19.1 Å². The van der Waals surface area contributed by atoms with Crippen molar-refractivity contribution in [3.05, 3.63) is 71.1 Å². The molecule has 1 aromatic heterocycles. The van der Waals surface area contributed by atoms with Gasteiger partial charge in [-0.3, -0.25) is 4.79 Å². The lowest BCUT2D eigenvalue weighted by Gasteiger charge is -2.18. The van der Waals surface area contributed by atoms with Crippen molar-refractivity contribution in [2.24, 2.45) is 0 Å². The predicted octanol–water partition coefficient (Wildman–Crippen LogP) is 4.34. The van der Waals surface area contributed by atoms with Gasteiger partial charge in [-0.1, -0.05) is 23.7 Å². The van der Waals surface area contributed by atoms with E-state index in [0.29, 0.717) is 30.5 Å². The minimum Gasteiger partial charge on any atom is -0.504 e. The third-order valence-corrected chi connectivity index (χ3v) is 4.53. The number of aromatic hydroxyl groups is 1. The van der Waals surface area contributed by atoms with Gasteiger partial charge in [-0.15, -0.1) is 0 Å². The van der Waals surface area contributed by atoms with Crippen molar-refractivity contribution in [1.82, 2.24) is 4.90 Å². The quantitative estimate of drug-likeness (QED) is 0.729. The molecule has 2 heterocycles. The highest BCUT2D eigenvalue weighted by Crippen LogP contribution is 2.38. The second-order valence-corrected chi connectivity index (χ2v) is 6.48. The average Bonchev–Trinajstić information content (AvgIpc) is 3.08. The fraction of sp³-hybridized carbons (Fsp3) is 0.150. The smallest absolute Gasteiger partial charge is 0.289 e. The topological polar surface area (TPSA) is 62.9 Å². The Hall–Kier alpha value is -2.92. The fourth-order valence-electron chi connectivity index (χ4n) is 3.06. The highest BCUT2D eigenvalue weighted by molar-refractivity contribution is 6.30. The number of phenols is 1. The van der Waals surface area contributed by atoms with E-state index < -0.39 is 0 Å². The Morgan fingerprint density at radius 3 is 2.77 bits per heavy atom. The monoisotopic (exact) mass is 369 g/mol. The van der Waals surface area contributed by atoms with E-state index in [1.807, 2.05) is 24.3 Å². The molecule has 0 saturated heterocycles. The van der Waals surface area contributed by atoms with Crippen LogP contribution in [0.2, 0.25) is 5.02 Å². The first-order valence-corrected chi connectivity index (χ1v) is 8.57. The van der Waals surface area contributed by atoms with Gasteiger partial charge in [0.1, 0.15) is 6.61 Å². The molecule has 132 valence electrons. The number of phenolic OH excluding ortho intramolecular Hbond substituents is 1. The number of hydrogen-bond donors (Lipinski definition) is 1. The molecule has 4 rings (SSSR count). The largest absolute Gasteiger partial charge is 0.504 e. The van der Waals surface area contributed by atoms with Crippen molar-refractivity contribution in [1.29, 1.82) is 0 Å². The molecule has 0 aliphatic carbocycles. The summed E-state index contributed by atoms with van der Waals surface area (Å²) in [6, 6.07) is 14.3. The van der Waals surface area contributed by atoms with Crippen LogP contribution in [-0.4, -0.2) is 29.1 Å². The summed E-state index contributed by atoms with van der Waals surface area (Å²) in [7, 11) is 0. The molecule has 1 amide bonds. The van der Waals surface area contributed by atoms with Gasteiger partial charge in [-0.2, -0.15) is 0 Å². The standard InChI is InChI=1S/C20H16ClNO4/c21-16-4-1-3-13(10-16)14-9-15-12-22(20(24)18-5-2-7-25-18)6-8-26-19(15)17(23)11-14/h1-5,7,9-11,23H,6,8,12H2. The molecule has 26 heavy (non-hydrogen) atoms. The highest BCUT2D eigenvalue weighted by atomic mass is 35.5. The molecule has 0 atom stereocenters. The van der Waals surface area contributed by atoms with E-state index in [1.54, 1.807) is 29.2 Å². The molecular weight excluding hydrogens is 354 g/mol. The van der Waals surface area contributed by atoms with E-state index in [-0.39, 0.29) is 17.4 Å². The third kappa shape index (κ3) is 3.13. The second-order valence-electron chi connectivity index (χ2n) is 6.05. The van der Waals surface area contributed by atoms with Gasteiger partial charge in [0.05, 0.1) is 19.4 Å². The van der Waals surface area contributed by atoms with Gasteiger partial charge in [0.15, 0.2) is 17.3 Å². The maximum atomic E-state index is 12.6. The average molecular weight is 370 g/mol. The third-order valence-electron chi connectivity index (χ3n) is 4.29. The Morgan fingerprint density at radius 2 is 2.00 bits per heavy atom. The molecular formula is C20H16ClNO4. The molecule has 0 fully saturated rings. The van der Waals surface area contributed by atoms with Gasteiger partial charge in [-0.05, 0) is 47.5 Å². The molecule has 1 N–H and O–H groups in total. The number of nitrogens with zero attached hydrogens (tertiary/aromatic N) is 1. The van der Waals surface area contributed by atoms with E-state index in [0.717, 1.165) is 16.7 Å². The molecule has 0 radical (unpaired) electrons. The summed E-state index contributed by atoms with van der Waals surface area (Å²) in [5.41, 5.74) is 2.42. The molecule has 6 heteroatoms. The van der Waals surface area contributed by atoms with Crippen LogP contribution in [0.4, 0.5) is 0 Å². The molecule has 3 aromatic rings. The Kier molecular flexibility index (Phi) is 4.31. The number of fused-ring (bicyclic) bond motifs is 1. The zero-order valence-corrected chi connectivity index (χ0v) is 14.6. The number of carbonyl (C=O) groups excluding carboxylic acids is 1. The van der Waals surface area contributed by atoms with E-state index >= 15 is 0 Å². The lowest BCUT2D eigenvalue weighted by atomic mass is 10.0. The van der Waals surface area contributed by atoms with Gasteiger partial charge in [0, 0.05) is 10.6 Å². The summed E-state index contributed by atoms with van der Waals surface area (Å²) >= 11 is 6.08. The number of benzene rings is 2. The number of hydrogen-bond acceptors (Lipinski definition) is 4. The summed E-state index contributed by atoms with van der Waals surface area (Å²) in [6.07, 6.45) is 1.47. The molecule has 1 aliphatic heterocycles. The molecule has 0 unspecified atom stereocenters. The SMILES string of the molecule is O=C(c1ccco1)N1CCOc2c(O)cc(-c3cccc(Cl)c3)cc2C1. The minimum atomic E-state index is -0.209.